The minimum atomic E-state index is -0.0720. The molecule has 1 aliphatic carbocycles. The van der Waals surface area contributed by atoms with Gasteiger partial charge in [-0.2, -0.15) is 0 Å². The van der Waals surface area contributed by atoms with Crippen molar-refractivity contribution in [2.24, 2.45) is 0 Å². The third-order valence-electron chi connectivity index (χ3n) is 5.78. The average molecular weight is 445 g/mol. The number of amides is 1. The van der Waals surface area contributed by atoms with E-state index in [9.17, 15) is 9.59 Å². The van der Waals surface area contributed by atoms with Gasteiger partial charge < -0.3 is 10.1 Å². The van der Waals surface area contributed by atoms with E-state index < -0.39 is 0 Å². The van der Waals surface area contributed by atoms with Crippen molar-refractivity contribution in [1.29, 1.82) is 0 Å². The molecule has 1 unspecified atom stereocenters. The van der Waals surface area contributed by atoms with E-state index in [0.717, 1.165) is 42.5 Å². The van der Waals surface area contributed by atoms with Crippen molar-refractivity contribution in [3.8, 4) is 0 Å². The molecule has 0 bridgehead atoms. The topological polar surface area (TPSA) is 86.1 Å². The lowest BCUT2D eigenvalue weighted by Crippen LogP contribution is -2.34. The summed E-state index contributed by atoms with van der Waals surface area (Å²) in [5.74, 6) is 0.252. The normalized spacial score (nSPS) is 19.8. The van der Waals surface area contributed by atoms with Crippen LogP contribution in [0, 0.1) is 0 Å². The highest BCUT2D eigenvalue weighted by atomic mass is 32.2. The molecule has 1 aliphatic heterocycles. The summed E-state index contributed by atoms with van der Waals surface area (Å²) in [5.41, 5.74) is 0.604. The van der Waals surface area contributed by atoms with Crippen LogP contribution in [0.2, 0.25) is 0 Å². The van der Waals surface area contributed by atoms with Crippen LogP contribution in [-0.2, 0) is 16.1 Å². The summed E-state index contributed by atoms with van der Waals surface area (Å²) in [6.07, 6.45) is 8.15. The van der Waals surface area contributed by atoms with E-state index in [0.29, 0.717) is 21.9 Å². The van der Waals surface area contributed by atoms with Crippen LogP contribution >= 0.6 is 23.1 Å². The number of nitrogens with one attached hydrogen (secondary N) is 1. The smallest absolute Gasteiger partial charge is 0.272 e. The number of ether oxygens (including phenoxy) is 1. The van der Waals surface area contributed by atoms with Gasteiger partial charge in [-0.05, 0) is 37.8 Å². The number of pyridine rings is 1. The fourth-order valence-electron chi connectivity index (χ4n) is 4.27. The first-order chi connectivity index (χ1) is 14.7. The molecule has 1 N–H and O–H groups in total. The Kier molecular flexibility index (Phi) is 5.75. The monoisotopic (exact) mass is 444 g/mol. The molecular formula is C21H24N4O3S2. The Labute approximate surface area is 182 Å². The van der Waals surface area contributed by atoms with Crippen molar-refractivity contribution in [3.63, 3.8) is 0 Å². The van der Waals surface area contributed by atoms with Crippen LogP contribution in [0.5, 0.6) is 0 Å². The van der Waals surface area contributed by atoms with Gasteiger partial charge in [0.05, 0.1) is 23.9 Å². The van der Waals surface area contributed by atoms with Gasteiger partial charge in [-0.1, -0.05) is 24.6 Å². The zero-order valence-electron chi connectivity index (χ0n) is 16.6. The maximum Gasteiger partial charge on any atom is 0.272 e. The zero-order chi connectivity index (χ0) is 20.5. The zero-order valence-corrected chi connectivity index (χ0v) is 18.3. The Hall–Kier alpha value is -1.97. The Morgan fingerprint density at radius 2 is 2.17 bits per heavy atom. The third-order valence-corrected chi connectivity index (χ3v) is 7.85. The molecule has 4 heterocycles. The molecule has 1 amide bonds. The molecule has 30 heavy (non-hydrogen) atoms. The van der Waals surface area contributed by atoms with Crippen LogP contribution in [0.4, 0.5) is 0 Å². The number of fused-ring (bicyclic) bond motifs is 3. The first-order valence-electron chi connectivity index (χ1n) is 10.5. The Morgan fingerprint density at radius 3 is 2.97 bits per heavy atom. The Balaban J connectivity index is 1.47. The van der Waals surface area contributed by atoms with Crippen molar-refractivity contribution in [1.82, 2.24) is 19.9 Å². The van der Waals surface area contributed by atoms with Crippen molar-refractivity contribution >= 4 is 49.4 Å². The molecule has 158 valence electrons. The quantitative estimate of drug-likeness (QED) is 0.464. The van der Waals surface area contributed by atoms with Crippen LogP contribution < -0.4 is 10.9 Å². The maximum atomic E-state index is 13.4. The molecule has 0 spiro atoms. The molecule has 2 aliphatic rings. The van der Waals surface area contributed by atoms with Crippen molar-refractivity contribution in [2.75, 3.05) is 12.4 Å². The number of aromatic nitrogens is 3. The second-order valence-corrected chi connectivity index (χ2v) is 9.86. The summed E-state index contributed by atoms with van der Waals surface area (Å²) in [6, 6.07) is 4.09. The van der Waals surface area contributed by atoms with Gasteiger partial charge in [-0.25, -0.2) is 9.97 Å². The summed E-state index contributed by atoms with van der Waals surface area (Å²) >= 11 is 2.71. The first kappa shape index (κ1) is 20.0. The number of hydrogen-bond acceptors (Lipinski definition) is 7. The van der Waals surface area contributed by atoms with Gasteiger partial charge in [0.25, 0.3) is 5.56 Å². The molecule has 0 radical (unpaired) electrons. The molecule has 3 aromatic rings. The number of carbonyl (C=O) groups is 1. The Bertz CT molecular complexity index is 1130. The van der Waals surface area contributed by atoms with Crippen LogP contribution in [0.25, 0.3) is 20.4 Å². The molecule has 9 heteroatoms. The largest absolute Gasteiger partial charge is 0.376 e. The van der Waals surface area contributed by atoms with Crippen LogP contribution in [0.1, 0.15) is 38.5 Å². The first-order valence-corrected chi connectivity index (χ1v) is 12.3. The number of rotatable bonds is 6. The third kappa shape index (κ3) is 3.98. The van der Waals surface area contributed by atoms with Gasteiger partial charge >= 0.3 is 0 Å². The molecular weight excluding hydrogens is 420 g/mol. The summed E-state index contributed by atoms with van der Waals surface area (Å²) in [4.78, 5) is 35.9. The number of carbonyl (C=O) groups excluding carboxylic acids is 1. The molecule has 1 saturated heterocycles. The van der Waals surface area contributed by atoms with Crippen LogP contribution in [0.3, 0.4) is 0 Å². The minimum absolute atomic E-state index is 0.00163. The van der Waals surface area contributed by atoms with Gasteiger partial charge in [0, 0.05) is 24.2 Å². The highest BCUT2D eigenvalue weighted by molar-refractivity contribution is 7.99. The van der Waals surface area contributed by atoms with Gasteiger partial charge in [0.15, 0.2) is 5.16 Å². The number of thioether (sulfide) groups is 1. The molecule has 3 aromatic heterocycles. The standard InChI is InChI=1S/C21H24N4O3S2/c26-16(23-13-5-1-2-6-13)12-29-21-24-17-15-8-3-9-22-19(15)30-18(17)20(27)25(21)11-14-7-4-10-28-14/h3,8-9,13-14H,1-2,4-7,10-12H2,(H,23,26). The van der Waals surface area contributed by atoms with E-state index in [1.807, 2.05) is 12.1 Å². The number of nitrogens with zero attached hydrogens (tertiary/aromatic N) is 3. The van der Waals surface area contributed by atoms with Crippen molar-refractivity contribution in [2.45, 2.75) is 62.4 Å². The van der Waals surface area contributed by atoms with E-state index in [4.69, 9.17) is 9.72 Å². The van der Waals surface area contributed by atoms with Gasteiger partial charge in [-0.15, -0.1) is 11.3 Å². The molecule has 1 atom stereocenters. The van der Waals surface area contributed by atoms with Crippen LogP contribution in [0.15, 0.2) is 28.3 Å². The second-order valence-electron chi connectivity index (χ2n) is 7.92. The SMILES string of the molecule is O=C(CSc1nc2c(sc3ncccc32)c(=O)n1CC1CCCO1)NC1CCCC1. The van der Waals surface area contributed by atoms with Gasteiger partial charge in [0.2, 0.25) is 5.91 Å². The van der Waals surface area contributed by atoms with E-state index in [-0.39, 0.29) is 29.4 Å². The number of hydrogen-bond donors (Lipinski definition) is 1. The van der Waals surface area contributed by atoms with E-state index in [1.54, 1.807) is 10.8 Å². The molecule has 2 fully saturated rings. The lowest BCUT2D eigenvalue weighted by molar-refractivity contribution is -0.119. The highest BCUT2D eigenvalue weighted by Gasteiger charge is 2.23. The second kappa shape index (κ2) is 8.64. The van der Waals surface area contributed by atoms with Crippen molar-refractivity contribution in [3.05, 3.63) is 28.7 Å². The maximum absolute atomic E-state index is 13.4. The van der Waals surface area contributed by atoms with E-state index in [1.165, 1.54) is 35.9 Å². The summed E-state index contributed by atoms with van der Waals surface area (Å²) in [7, 11) is 0. The predicted octanol–water partition coefficient (Wildman–Crippen LogP) is 3.34. The lowest BCUT2D eigenvalue weighted by Gasteiger charge is -2.16. The molecule has 5 rings (SSSR count). The Morgan fingerprint density at radius 1 is 1.30 bits per heavy atom. The molecule has 7 nitrogen and oxygen atoms in total. The van der Waals surface area contributed by atoms with Crippen LogP contribution in [-0.4, -0.2) is 44.9 Å². The fourth-order valence-corrected chi connectivity index (χ4v) is 6.12. The average Bonchev–Trinajstić information content (AvgIpc) is 3.50. The minimum Gasteiger partial charge on any atom is -0.376 e. The fraction of sp³-hybridized carbons (Fsp3) is 0.524. The molecule has 1 saturated carbocycles. The predicted molar refractivity (Wildman–Crippen MR) is 119 cm³/mol. The van der Waals surface area contributed by atoms with Gasteiger partial charge in [0.1, 0.15) is 9.53 Å². The lowest BCUT2D eigenvalue weighted by atomic mass is 10.2. The number of thiophene rings is 1. The highest BCUT2D eigenvalue weighted by Crippen LogP contribution is 2.31. The summed E-state index contributed by atoms with van der Waals surface area (Å²) in [6.45, 7) is 1.20. The van der Waals surface area contributed by atoms with Gasteiger partial charge in [-0.3, -0.25) is 14.2 Å². The van der Waals surface area contributed by atoms with E-state index >= 15 is 0 Å². The van der Waals surface area contributed by atoms with E-state index in [2.05, 4.69) is 10.3 Å². The molecule has 0 aromatic carbocycles. The summed E-state index contributed by atoms with van der Waals surface area (Å²) in [5, 5.41) is 4.57. The summed E-state index contributed by atoms with van der Waals surface area (Å²) < 4.78 is 8.08. The van der Waals surface area contributed by atoms with Crippen molar-refractivity contribution < 1.29 is 9.53 Å².